The van der Waals surface area contributed by atoms with E-state index in [9.17, 15) is 4.21 Å². The van der Waals surface area contributed by atoms with Crippen LogP contribution in [0.3, 0.4) is 0 Å². The zero-order chi connectivity index (χ0) is 12.5. The summed E-state index contributed by atoms with van der Waals surface area (Å²) in [5.41, 5.74) is 1.36. The van der Waals surface area contributed by atoms with Gasteiger partial charge in [-0.3, -0.25) is 0 Å². The topological polar surface area (TPSA) is 41.1 Å². The molecule has 1 fully saturated rings. The van der Waals surface area contributed by atoms with Gasteiger partial charge in [-0.05, 0) is 50.0 Å². The van der Waals surface area contributed by atoms with Crippen LogP contribution in [0, 0.1) is 5.92 Å². The predicted molar refractivity (Wildman–Crippen MR) is 77.6 cm³/mol. The number of aryl methyl sites for hydroxylation is 1. The fraction of sp³-hybridized carbons (Fsp3) is 0.692. The average Bonchev–Trinajstić information content (AvgIpc) is 3.14. The van der Waals surface area contributed by atoms with E-state index in [0.717, 1.165) is 35.2 Å². The van der Waals surface area contributed by atoms with Gasteiger partial charge >= 0.3 is 0 Å². The number of hydrogen-bond donors (Lipinski definition) is 2. The average molecular weight is 284 g/mol. The normalized spacial score (nSPS) is 20.5. The first-order valence-electron chi connectivity index (χ1n) is 6.77. The van der Waals surface area contributed by atoms with E-state index < -0.39 is 11.0 Å². The zero-order valence-electron chi connectivity index (χ0n) is 10.8. The molecule has 0 amide bonds. The molecule has 2 aliphatic rings. The highest BCUT2D eigenvalue weighted by molar-refractivity contribution is 7.83. The third-order valence-electron chi connectivity index (χ3n) is 3.74. The van der Waals surface area contributed by atoms with Crippen molar-refractivity contribution in [2.24, 2.45) is 5.92 Å². The zero-order valence-corrected chi connectivity index (χ0v) is 12.4. The lowest BCUT2D eigenvalue weighted by Gasteiger charge is -2.13. The van der Waals surface area contributed by atoms with E-state index in [0.29, 0.717) is 0 Å². The molecule has 3 rings (SSSR count). The first-order chi connectivity index (χ1) is 8.79. The van der Waals surface area contributed by atoms with Crippen LogP contribution in [0.2, 0.25) is 0 Å². The Morgan fingerprint density at radius 1 is 1.33 bits per heavy atom. The summed E-state index contributed by atoms with van der Waals surface area (Å²) < 4.78 is 15.7. The molecule has 1 aromatic heterocycles. The Kier molecular flexibility index (Phi) is 3.73. The third kappa shape index (κ3) is 2.49. The molecular weight excluding hydrogens is 264 g/mol. The van der Waals surface area contributed by atoms with Crippen LogP contribution in [0.1, 0.15) is 36.1 Å². The highest BCUT2D eigenvalue weighted by atomic mass is 32.2. The SMILES string of the molecule is CNc1sc2c(c1S(=O)NCC1CC1)CCCC2. The van der Waals surface area contributed by atoms with Gasteiger partial charge in [0.2, 0.25) is 0 Å². The third-order valence-corrected chi connectivity index (χ3v) is 6.42. The van der Waals surface area contributed by atoms with E-state index in [4.69, 9.17) is 0 Å². The van der Waals surface area contributed by atoms with Crippen molar-refractivity contribution in [2.45, 2.75) is 43.4 Å². The maximum atomic E-state index is 12.5. The summed E-state index contributed by atoms with van der Waals surface area (Å²) in [5.74, 6) is 0.765. The molecule has 2 aliphatic carbocycles. The monoisotopic (exact) mass is 284 g/mol. The van der Waals surface area contributed by atoms with Crippen molar-refractivity contribution in [3.05, 3.63) is 10.4 Å². The quantitative estimate of drug-likeness (QED) is 0.873. The molecule has 1 heterocycles. The van der Waals surface area contributed by atoms with Gasteiger partial charge in [-0.1, -0.05) is 0 Å². The summed E-state index contributed by atoms with van der Waals surface area (Å²) in [6.45, 7) is 0.903. The van der Waals surface area contributed by atoms with E-state index in [1.807, 2.05) is 7.05 Å². The fourth-order valence-corrected chi connectivity index (χ4v) is 5.29. The first-order valence-corrected chi connectivity index (χ1v) is 8.73. The number of rotatable bonds is 5. The Bertz CT molecular complexity index is 466. The Labute approximate surface area is 115 Å². The van der Waals surface area contributed by atoms with Crippen molar-refractivity contribution in [3.63, 3.8) is 0 Å². The largest absolute Gasteiger partial charge is 0.379 e. The van der Waals surface area contributed by atoms with Crippen molar-refractivity contribution >= 4 is 27.3 Å². The molecule has 0 aliphatic heterocycles. The standard InChI is InChI=1S/C13H20N2OS2/c1-14-13-12(18(16)15-8-9-6-7-9)10-4-2-3-5-11(10)17-13/h9,14-15H,2-8H2,1H3. The first kappa shape index (κ1) is 12.6. The van der Waals surface area contributed by atoms with E-state index in [1.54, 1.807) is 11.3 Å². The number of thiophene rings is 1. The molecule has 0 aromatic carbocycles. The van der Waals surface area contributed by atoms with Crippen LogP contribution in [-0.2, 0) is 23.8 Å². The second kappa shape index (κ2) is 5.31. The minimum atomic E-state index is -1.04. The van der Waals surface area contributed by atoms with Gasteiger partial charge in [-0.2, -0.15) is 0 Å². The van der Waals surface area contributed by atoms with Gasteiger partial charge in [0.05, 0.1) is 4.90 Å². The highest BCUT2D eigenvalue weighted by Gasteiger charge is 2.26. The van der Waals surface area contributed by atoms with Gasteiger partial charge in [-0.25, -0.2) is 8.93 Å². The maximum Gasteiger partial charge on any atom is 0.128 e. The van der Waals surface area contributed by atoms with Crippen LogP contribution < -0.4 is 10.0 Å². The molecule has 0 spiro atoms. The Morgan fingerprint density at radius 3 is 2.83 bits per heavy atom. The second-order valence-corrected chi connectivity index (χ2v) is 7.52. The minimum absolute atomic E-state index is 0.765. The molecule has 0 saturated heterocycles. The van der Waals surface area contributed by atoms with E-state index in [-0.39, 0.29) is 0 Å². The van der Waals surface area contributed by atoms with Crippen LogP contribution in [0.5, 0.6) is 0 Å². The van der Waals surface area contributed by atoms with Crippen molar-refractivity contribution in [2.75, 3.05) is 18.9 Å². The highest BCUT2D eigenvalue weighted by Crippen LogP contribution is 2.39. The van der Waals surface area contributed by atoms with Gasteiger partial charge in [0.25, 0.3) is 0 Å². The van der Waals surface area contributed by atoms with Crippen LogP contribution in [-0.4, -0.2) is 17.8 Å². The smallest absolute Gasteiger partial charge is 0.128 e. The maximum absolute atomic E-state index is 12.5. The molecule has 1 aromatic rings. The molecule has 1 saturated carbocycles. The summed E-state index contributed by atoms with van der Waals surface area (Å²) in [5, 5.41) is 4.32. The van der Waals surface area contributed by atoms with Crippen molar-refractivity contribution < 1.29 is 4.21 Å². The van der Waals surface area contributed by atoms with Crippen LogP contribution in [0.25, 0.3) is 0 Å². The predicted octanol–water partition coefficient (Wildman–Crippen LogP) is 2.69. The summed E-state index contributed by atoms with van der Waals surface area (Å²) >= 11 is 1.80. The van der Waals surface area contributed by atoms with E-state index in [2.05, 4.69) is 10.0 Å². The van der Waals surface area contributed by atoms with Crippen molar-refractivity contribution in [1.29, 1.82) is 0 Å². The molecule has 3 nitrogen and oxygen atoms in total. The molecule has 100 valence electrons. The Hall–Kier alpha value is -0.390. The lowest BCUT2D eigenvalue weighted by atomic mass is 9.99. The Balaban J connectivity index is 1.83. The van der Waals surface area contributed by atoms with E-state index >= 15 is 0 Å². The Morgan fingerprint density at radius 2 is 2.11 bits per heavy atom. The number of nitrogens with one attached hydrogen (secondary N) is 2. The molecule has 0 radical (unpaired) electrons. The lowest BCUT2D eigenvalue weighted by molar-refractivity contribution is 0.658. The summed E-state index contributed by atoms with van der Waals surface area (Å²) in [6, 6.07) is 0. The van der Waals surface area contributed by atoms with Crippen LogP contribution in [0.15, 0.2) is 4.90 Å². The number of fused-ring (bicyclic) bond motifs is 1. The molecule has 0 bridgehead atoms. The molecule has 2 N–H and O–H groups in total. The van der Waals surface area contributed by atoms with Crippen LogP contribution >= 0.6 is 11.3 Å². The molecule has 18 heavy (non-hydrogen) atoms. The van der Waals surface area contributed by atoms with E-state index in [1.165, 1.54) is 36.1 Å². The number of anilines is 1. The fourth-order valence-electron chi connectivity index (χ4n) is 2.49. The van der Waals surface area contributed by atoms with Gasteiger partial charge in [0, 0.05) is 18.5 Å². The summed E-state index contributed by atoms with van der Waals surface area (Å²) in [6.07, 6.45) is 7.36. The summed E-state index contributed by atoms with van der Waals surface area (Å²) in [4.78, 5) is 2.49. The van der Waals surface area contributed by atoms with Crippen LogP contribution in [0.4, 0.5) is 5.00 Å². The molecule has 1 unspecified atom stereocenters. The van der Waals surface area contributed by atoms with Gasteiger partial charge < -0.3 is 5.32 Å². The summed E-state index contributed by atoms with van der Waals surface area (Å²) in [7, 11) is 0.894. The lowest BCUT2D eigenvalue weighted by Crippen LogP contribution is -2.21. The molecule has 5 heteroatoms. The van der Waals surface area contributed by atoms with Crippen molar-refractivity contribution in [3.8, 4) is 0 Å². The molecular formula is C13H20N2OS2. The second-order valence-electron chi connectivity index (χ2n) is 5.18. The van der Waals surface area contributed by atoms with Gasteiger partial charge in [0.1, 0.15) is 16.0 Å². The van der Waals surface area contributed by atoms with Crippen molar-refractivity contribution in [1.82, 2.24) is 4.72 Å². The number of hydrogen-bond acceptors (Lipinski definition) is 3. The van der Waals surface area contributed by atoms with Gasteiger partial charge in [-0.15, -0.1) is 11.3 Å². The molecule has 1 atom stereocenters. The minimum Gasteiger partial charge on any atom is -0.379 e. The van der Waals surface area contributed by atoms with Gasteiger partial charge in [0.15, 0.2) is 0 Å².